The van der Waals surface area contributed by atoms with Gasteiger partial charge in [0.25, 0.3) is 0 Å². The lowest BCUT2D eigenvalue weighted by Gasteiger charge is -2.62. The minimum atomic E-state index is -0.794. The molecule has 3 heteroatoms. The van der Waals surface area contributed by atoms with Gasteiger partial charge in [-0.25, -0.2) is 4.79 Å². The van der Waals surface area contributed by atoms with Gasteiger partial charge in [-0.1, -0.05) is 58.8 Å². The number of hydrogen-bond acceptors (Lipinski definition) is 2. The molecule has 0 aromatic carbocycles. The molecule has 0 aromatic heterocycles. The van der Waals surface area contributed by atoms with Crippen LogP contribution in [0.3, 0.4) is 0 Å². The highest BCUT2D eigenvalue weighted by molar-refractivity contribution is 5.85. The van der Waals surface area contributed by atoms with E-state index in [9.17, 15) is 9.90 Å². The second-order valence-electron chi connectivity index (χ2n) is 13.5. The summed E-state index contributed by atoms with van der Waals surface area (Å²) in [5.74, 6) is 1.12. The van der Waals surface area contributed by atoms with Crippen LogP contribution >= 0.6 is 0 Å². The van der Waals surface area contributed by atoms with E-state index in [1.54, 1.807) is 18.1 Å². The molecule has 4 aliphatic carbocycles. The van der Waals surface area contributed by atoms with Crippen LogP contribution < -0.4 is 0 Å². The van der Waals surface area contributed by atoms with E-state index >= 15 is 0 Å². The van der Waals surface area contributed by atoms with Crippen molar-refractivity contribution in [3.63, 3.8) is 0 Å². The molecule has 33 heavy (non-hydrogen) atoms. The number of aliphatic carboxylic acids is 1. The van der Waals surface area contributed by atoms with E-state index in [1.165, 1.54) is 38.5 Å². The van der Waals surface area contributed by atoms with Crippen molar-refractivity contribution < 1.29 is 15.0 Å². The minimum Gasteiger partial charge on any atom is -0.478 e. The van der Waals surface area contributed by atoms with Crippen LogP contribution in [0, 0.1) is 39.4 Å². The molecule has 2 unspecified atom stereocenters. The molecule has 3 nitrogen and oxygen atoms in total. The fraction of sp³-hybridized carbons (Fsp3) is 0.833. The van der Waals surface area contributed by atoms with Crippen LogP contribution in [0.15, 0.2) is 22.8 Å². The minimum absolute atomic E-state index is 0.00150. The molecule has 0 amide bonds. The first-order chi connectivity index (χ1) is 15.3. The number of allylic oxidation sites excluding steroid dienone is 3. The summed E-state index contributed by atoms with van der Waals surface area (Å²) in [4.78, 5) is 11.1. The average molecular weight is 457 g/mol. The number of rotatable bonds is 5. The standard InChI is InChI=1S/C30H48O3/c1-19(9-8-10-20(2)26(32)33)21-13-17-30(7)23-11-12-24-27(3,4)25(31)15-16-28(24,5)22(23)14-18-29(21,30)6/h10,19,21,24-25,31H,8-9,11-18H2,1-7H3,(H,32,33)/t19?,21-,24-,25?,28+,29+,30-/m0/s1. The summed E-state index contributed by atoms with van der Waals surface area (Å²) >= 11 is 0. The molecule has 0 aromatic rings. The van der Waals surface area contributed by atoms with Gasteiger partial charge in [-0.2, -0.15) is 0 Å². The van der Waals surface area contributed by atoms with E-state index < -0.39 is 5.97 Å². The summed E-state index contributed by atoms with van der Waals surface area (Å²) in [5.41, 5.74) is 4.95. The maximum Gasteiger partial charge on any atom is 0.330 e. The summed E-state index contributed by atoms with van der Waals surface area (Å²) in [5, 5.41) is 20.0. The average Bonchev–Trinajstić information content (AvgIpc) is 3.02. The Morgan fingerprint density at radius 3 is 2.39 bits per heavy atom. The first kappa shape index (κ1) is 25.0. The van der Waals surface area contributed by atoms with E-state index in [2.05, 4.69) is 41.5 Å². The molecule has 2 N–H and O–H groups in total. The molecular formula is C30H48O3. The van der Waals surface area contributed by atoms with E-state index in [4.69, 9.17) is 5.11 Å². The van der Waals surface area contributed by atoms with Gasteiger partial charge in [-0.3, -0.25) is 0 Å². The molecule has 0 aliphatic heterocycles. The summed E-state index contributed by atoms with van der Waals surface area (Å²) in [6.07, 6.45) is 13.3. The van der Waals surface area contributed by atoms with E-state index in [1.807, 2.05) is 6.08 Å². The Kier molecular flexibility index (Phi) is 6.25. The number of carboxylic acid groups (broad SMARTS) is 1. The van der Waals surface area contributed by atoms with Gasteiger partial charge in [0.2, 0.25) is 0 Å². The van der Waals surface area contributed by atoms with Gasteiger partial charge in [0.15, 0.2) is 0 Å². The molecule has 7 atom stereocenters. The van der Waals surface area contributed by atoms with Crippen molar-refractivity contribution in [2.24, 2.45) is 39.4 Å². The van der Waals surface area contributed by atoms with E-state index in [0.29, 0.717) is 34.2 Å². The summed E-state index contributed by atoms with van der Waals surface area (Å²) in [6, 6.07) is 0. The van der Waals surface area contributed by atoms with Crippen LogP contribution in [0.25, 0.3) is 0 Å². The molecule has 4 aliphatic rings. The molecule has 4 rings (SSSR count). The Bertz CT molecular complexity index is 866. The largest absolute Gasteiger partial charge is 0.478 e. The van der Waals surface area contributed by atoms with Gasteiger partial charge in [0.05, 0.1) is 6.10 Å². The van der Waals surface area contributed by atoms with Crippen LogP contribution in [0.5, 0.6) is 0 Å². The lowest BCUT2D eigenvalue weighted by atomic mass is 9.43. The molecule has 0 heterocycles. The zero-order valence-corrected chi connectivity index (χ0v) is 22.3. The van der Waals surface area contributed by atoms with Crippen LogP contribution in [0.1, 0.15) is 113 Å². The predicted octanol–water partition coefficient (Wildman–Crippen LogP) is 7.54. The second-order valence-corrected chi connectivity index (χ2v) is 13.5. The van der Waals surface area contributed by atoms with Gasteiger partial charge in [-0.05, 0) is 111 Å². The molecular weight excluding hydrogens is 408 g/mol. The molecule has 186 valence electrons. The first-order valence-corrected chi connectivity index (χ1v) is 13.6. The van der Waals surface area contributed by atoms with Crippen molar-refractivity contribution in [2.45, 2.75) is 119 Å². The fourth-order valence-electron chi connectivity index (χ4n) is 9.48. The molecule has 0 spiro atoms. The number of aliphatic hydroxyl groups is 1. The van der Waals surface area contributed by atoms with Crippen LogP contribution in [0.2, 0.25) is 0 Å². The van der Waals surface area contributed by atoms with E-state index in [-0.39, 0.29) is 16.9 Å². The Hall–Kier alpha value is -1.09. The molecule has 0 saturated heterocycles. The smallest absolute Gasteiger partial charge is 0.330 e. The zero-order chi connectivity index (χ0) is 24.4. The van der Waals surface area contributed by atoms with Gasteiger partial charge >= 0.3 is 5.97 Å². The Balaban J connectivity index is 1.60. The van der Waals surface area contributed by atoms with Crippen LogP contribution in [0.4, 0.5) is 0 Å². The summed E-state index contributed by atoms with van der Waals surface area (Å²) in [6.45, 7) is 16.5. The molecule has 2 fully saturated rings. The summed E-state index contributed by atoms with van der Waals surface area (Å²) in [7, 11) is 0. The number of aliphatic hydroxyl groups excluding tert-OH is 1. The number of fused-ring (bicyclic) bond motifs is 4. The number of hydrogen-bond donors (Lipinski definition) is 2. The highest BCUT2D eigenvalue weighted by atomic mass is 16.4. The third-order valence-corrected chi connectivity index (χ3v) is 11.9. The van der Waals surface area contributed by atoms with Gasteiger partial charge in [0, 0.05) is 5.57 Å². The van der Waals surface area contributed by atoms with Gasteiger partial charge in [-0.15, -0.1) is 0 Å². The maximum atomic E-state index is 11.1. The molecule has 0 radical (unpaired) electrons. The first-order valence-electron chi connectivity index (χ1n) is 13.6. The summed E-state index contributed by atoms with van der Waals surface area (Å²) < 4.78 is 0. The Labute approximate surface area is 202 Å². The van der Waals surface area contributed by atoms with Crippen molar-refractivity contribution in [2.75, 3.05) is 0 Å². The zero-order valence-electron chi connectivity index (χ0n) is 22.3. The fourth-order valence-corrected chi connectivity index (χ4v) is 9.48. The van der Waals surface area contributed by atoms with Crippen molar-refractivity contribution in [3.8, 4) is 0 Å². The highest BCUT2D eigenvalue weighted by Crippen LogP contribution is 2.72. The third kappa shape index (κ3) is 3.58. The topological polar surface area (TPSA) is 57.5 Å². The van der Waals surface area contributed by atoms with E-state index in [0.717, 1.165) is 25.7 Å². The van der Waals surface area contributed by atoms with Gasteiger partial charge < -0.3 is 10.2 Å². The molecule has 0 bridgehead atoms. The highest BCUT2D eigenvalue weighted by Gasteiger charge is 2.63. The third-order valence-electron chi connectivity index (χ3n) is 11.9. The van der Waals surface area contributed by atoms with Crippen molar-refractivity contribution in [1.29, 1.82) is 0 Å². The monoisotopic (exact) mass is 456 g/mol. The molecule has 2 saturated carbocycles. The van der Waals surface area contributed by atoms with Crippen molar-refractivity contribution in [3.05, 3.63) is 22.8 Å². The SMILES string of the molecule is CC(=CCCC(C)[C@@H]1CC[C@@]2(C)C3=C(CC[C@]12C)[C@@]1(C)CCC(O)C(C)(C)[C@@H]1CC3)C(=O)O. The lowest BCUT2D eigenvalue weighted by molar-refractivity contribution is -0.132. The quantitative estimate of drug-likeness (QED) is 0.332. The van der Waals surface area contributed by atoms with Crippen molar-refractivity contribution in [1.82, 2.24) is 0 Å². The Morgan fingerprint density at radius 2 is 1.73 bits per heavy atom. The Morgan fingerprint density at radius 1 is 1.03 bits per heavy atom. The van der Waals surface area contributed by atoms with Crippen LogP contribution in [-0.4, -0.2) is 22.3 Å². The van der Waals surface area contributed by atoms with Crippen molar-refractivity contribution >= 4 is 5.97 Å². The predicted molar refractivity (Wildman–Crippen MR) is 135 cm³/mol. The maximum absolute atomic E-state index is 11.1. The van der Waals surface area contributed by atoms with Gasteiger partial charge in [0.1, 0.15) is 0 Å². The van der Waals surface area contributed by atoms with Crippen LogP contribution in [-0.2, 0) is 4.79 Å². The lowest BCUT2D eigenvalue weighted by Crippen LogP contribution is -2.55. The second kappa shape index (κ2) is 8.25. The number of carboxylic acids is 1. The normalized spacial score (nSPS) is 43.5. The number of carbonyl (C=O) groups is 1.